The van der Waals surface area contributed by atoms with Gasteiger partial charge in [0.25, 0.3) is 0 Å². The van der Waals surface area contributed by atoms with Crippen molar-refractivity contribution in [1.29, 1.82) is 0 Å². The molecule has 0 saturated heterocycles. The highest BCUT2D eigenvalue weighted by atomic mass is 15.1. The number of nitrogens with zero attached hydrogens (tertiary/aromatic N) is 1. The van der Waals surface area contributed by atoms with Gasteiger partial charge in [-0.05, 0) is 44.1 Å². The van der Waals surface area contributed by atoms with Crippen molar-refractivity contribution in [1.82, 2.24) is 4.90 Å². The van der Waals surface area contributed by atoms with Crippen LogP contribution in [-0.4, -0.2) is 25.0 Å². The van der Waals surface area contributed by atoms with Crippen LogP contribution in [0.4, 0.5) is 0 Å². The van der Waals surface area contributed by atoms with E-state index in [0.717, 1.165) is 0 Å². The molecule has 63 valence electrons. The molecule has 1 aliphatic rings. The minimum atomic E-state index is 0.704. The Morgan fingerprint density at radius 2 is 2.08 bits per heavy atom. The topological polar surface area (TPSA) is 3.24 Å². The van der Waals surface area contributed by atoms with Gasteiger partial charge in [-0.1, -0.05) is 18.2 Å². The zero-order valence-corrected chi connectivity index (χ0v) is 7.67. The van der Waals surface area contributed by atoms with Crippen LogP contribution in [-0.2, 0) is 12.8 Å². The molecule has 1 aliphatic carbocycles. The standard InChI is InChI=1S/C11H14N/c1-12(2)11-7-9-5-3-4-6-10(9)8-11/h3,5-6,11H,7-8H2,1-2H3. The van der Waals surface area contributed by atoms with Gasteiger partial charge < -0.3 is 4.90 Å². The largest absolute Gasteiger partial charge is 0.306 e. The maximum Gasteiger partial charge on any atom is 0.0170 e. The summed E-state index contributed by atoms with van der Waals surface area (Å²) in [6.45, 7) is 0. The smallest absolute Gasteiger partial charge is 0.0170 e. The molecule has 0 saturated carbocycles. The Bertz CT molecular complexity index is 253. The molecule has 1 aromatic rings. The molecular formula is C11H14N. The summed E-state index contributed by atoms with van der Waals surface area (Å²) in [6, 6.07) is 10.2. The lowest BCUT2D eigenvalue weighted by atomic mass is 10.1. The average molecular weight is 160 g/mol. The van der Waals surface area contributed by atoms with E-state index < -0.39 is 0 Å². The second kappa shape index (κ2) is 2.91. The van der Waals surface area contributed by atoms with E-state index >= 15 is 0 Å². The Morgan fingerprint density at radius 3 is 2.75 bits per heavy atom. The molecule has 2 rings (SSSR count). The summed E-state index contributed by atoms with van der Waals surface area (Å²) in [5.41, 5.74) is 2.99. The van der Waals surface area contributed by atoms with E-state index in [2.05, 4.69) is 37.2 Å². The van der Waals surface area contributed by atoms with Gasteiger partial charge in [-0.3, -0.25) is 0 Å². The third-order valence-corrected chi connectivity index (χ3v) is 2.69. The first-order valence-corrected chi connectivity index (χ1v) is 4.41. The average Bonchev–Trinajstić information content (AvgIpc) is 2.46. The first kappa shape index (κ1) is 7.81. The van der Waals surface area contributed by atoms with Gasteiger partial charge in [0, 0.05) is 6.04 Å². The van der Waals surface area contributed by atoms with Crippen molar-refractivity contribution in [3.8, 4) is 0 Å². The molecule has 1 nitrogen and oxygen atoms in total. The summed E-state index contributed by atoms with van der Waals surface area (Å²) in [6.07, 6.45) is 2.40. The predicted molar refractivity (Wildman–Crippen MR) is 50.2 cm³/mol. The lowest BCUT2D eigenvalue weighted by molar-refractivity contribution is 0.303. The molecule has 0 aliphatic heterocycles. The fourth-order valence-corrected chi connectivity index (χ4v) is 1.83. The maximum atomic E-state index is 3.13. The minimum absolute atomic E-state index is 0.704. The van der Waals surface area contributed by atoms with Crippen molar-refractivity contribution in [3.05, 3.63) is 35.4 Å². The van der Waals surface area contributed by atoms with Crippen molar-refractivity contribution in [2.24, 2.45) is 0 Å². The molecule has 12 heavy (non-hydrogen) atoms. The Hall–Kier alpha value is -0.820. The van der Waals surface area contributed by atoms with Gasteiger partial charge in [-0.2, -0.15) is 0 Å². The zero-order valence-electron chi connectivity index (χ0n) is 7.67. The highest BCUT2D eigenvalue weighted by Gasteiger charge is 2.21. The highest BCUT2D eigenvalue weighted by molar-refractivity contribution is 5.32. The molecule has 0 fully saturated rings. The molecule has 0 spiro atoms. The molecule has 0 bridgehead atoms. The fraction of sp³-hybridized carbons (Fsp3) is 0.455. The number of hydrogen-bond donors (Lipinski definition) is 0. The van der Waals surface area contributed by atoms with Crippen molar-refractivity contribution in [2.75, 3.05) is 14.1 Å². The second-order valence-electron chi connectivity index (χ2n) is 3.72. The molecule has 0 heterocycles. The van der Waals surface area contributed by atoms with Gasteiger partial charge in [0.15, 0.2) is 0 Å². The highest BCUT2D eigenvalue weighted by Crippen LogP contribution is 2.23. The second-order valence-corrected chi connectivity index (χ2v) is 3.72. The minimum Gasteiger partial charge on any atom is -0.306 e. The van der Waals surface area contributed by atoms with Crippen molar-refractivity contribution in [3.63, 3.8) is 0 Å². The van der Waals surface area contributed by atoms with Crippen molar-refractivity contribution in [2.45, 2.75) is 18.9 Å². The molecule has 1 radical (unpaired) electrons. The van der Waals surface area contributed by atoms with E-state index in [1.165, 1.54) is 24.0 Å². The SMILES string of the molecule is CN(C)C1Cc2c[c]ccc2C1. The summed E-state index contributed by atoms with van der Waals surface area (Å²) in [5, 5.41) is 0. The lowest BCUT2D eigenvalue weighted by Crippen LogP contribution is -2.27. The summed E-state index contributed by atoms with van der Waals surface area (Å²) in [5.74, 6) is 0. The van der Waals surface area contributed by atoms with Gasteiger partial charge in [0.1, 0.15) is 0 Å². The first-order valence-electron chi connectivity index (χ1n) is 4.41. The van der Waals surface area contributed by atoms with Crippen LogP contribution in [0.1, 0.15) is 11.1 Å². The van der Waals surface area contributed by atoms with Crippen molar-refractivity contribution < 1.29 is 0 Å². The van der Waals surface area contributed by atoms with E-state index in [4.69, 9.17) is 0 Å². The monoisotopic (exact) mass is 160 g/mol. The predicted octanol–water partition coefficient (Wildman–Crippen LogP) is 1.52. The van der Waals surface area contributed by atoms with E-state index in [9.17, 15) is 0 Å². The Morgan fingerprint density at radius 1 is 1.33 bits per heavy atom. The van der Waals surface area contributed by atoms with Crippen LogP contribution < -0.4 is 0 Å². The van der Waals surface area contributed by atoms with Gasteiger partial charge in [-0.15, -0.1) is 0 Å². The summed E-state index contributed by atoms with van der Waals surface area (Å²) < 4.78 is 0. The van der Waals surface area contributed by atoms with Crippen molar-refractivity contribution >= 4 is 0 Å². The van der Waals surface area contributed by atoms with E-state index in [1.807, 2.05) is 6.07 Å². The molecule has 1 aromatic carbocycles. The molecule has 0 amide bonds. The Labute approximate surface area is 74.0 Å². The molecule has 0 aromatic heterocycles. The molecule has 1 heteroatoms. The molecule has 0 N–H and O–H groups in total. The van der Waals surface area contributed by atoms with Crippen LogP contribution in [0.3, 0.4) is 0 Å². The molecular weight excluding hydrogens is 146 g/mol. The number of likely N-dealkylation sites (N-methyl/N-ethyl adjacent to an activating group) is 1. The Kier molecular flexibility index (Phi) is 1.89. The lowest BCUT2D eigenvalue weighted by Gasteiger charge is -2.17. The summed E-state index contributed by atoms with van der Waals surface area (Å²) in [7, 11) is 4.31. The molecule has 1 atom stereocenters. The van der Waals surface area contributed by atoms with Crippen LogP contribution in [0.2, 0.25) is 0 Å². The van der Waals surface area contributed by atoms with Gasteiger partial charge >= 0.3 is 0 Å². The number of benzene rings is 1. The quantitative estimate of drug-likeness (QED) is 0.602. The normalized spacial score (nSPS) is 16.9. The third kappa shape index (κ3) is 1.25. The first-order chi connectivity index (χ1) is 5.77. The van der Waals surface area contributed by atoms with Crippen LogP contribution in [0.15, 0.2) is 18.2 Å². The number of rotatable bonds is 1. The fourth-order valence-electron chi connectivity index (χ4n) is 1.83. The van der Waals surface area contributed by atoms with Gasteiger partial charge in [-0.25, -0.2) is 0 Å². The third-order valence-electron chi connectivity index (χ3n) is 2.69. The van der Waals surface area contributed by atoms with Gasteiger partial charge in [0.2, 0.25) is 0 Å². The number of fused-ring (bicyclic) bond motifs is 1. The van der Waals surface area contributed by atoms with Crippen LogP contribution >= 0.6 is 0 Å². The summed E-state index contributed by atoms with van der Waals surface area (Å²) >= 11 is 0. The molecule has 1 unspecified atom stereocenters. The van der Waals surface area contributed by atoms with Crippen LogP contribution in [0, 0.1) is 6.07 Å². The van der Waals surface area contributed by atoms with E-state index in [0.29, 0.717) is 6.04 Å². The van der Waals surface area contributed by atoms with Crippen LogP contribution in [0.5, 0.6) is 0 Å². The van der Waals surface area contributed by atoms with E-state index in [-0.39, 0.29) is 0 Å². The van der Waals surface area contributed by atoms with Crippen LogP contribution in [0.25, 0.3) is 0 Å². The number of hydrogen-bond acceptors (Lipinski definition) is 1. The maximum absolute atomic E-state index is 3.13. The van der Waals surface area contributed by atoms with E-state index in [1.54, 1.807) is 0 Å². The van der Waals surface area contributed by atoms with Gasteiger partial charge in [0.05, 0.1) is 0 Å². The Balaban J connectivity index is 2.22. The zero-order chi connectivity index (χ0) is 8.55. The summed E-state index contributed by atoms with van der Waals surface area (Å²) in [4.78, 5) is 2.31.